The Bertz CT molecular complexity index is 1010. The quantitative estimate of drug-likeness (QED) is 0.408. The maximum atomic E-state index is 12.4. The zero-order valence-electron chi connectivity index (χ0n) is 16.0. The number of ether oxygens (including phenoxy) is 1. The van der Waals surface area contributed by atoms with E-state index < -0.39 is 5.91 Å². The lowest BCUT2D eigenvalue weighted by atomic mass is 10.2. The van der Waals surface area contributed by atoms with E-state index in [0.717, 1.165) is 10.8 Å². The van der Waals surface area contributed by atoms with E-state index >= 15 is 0 Å². The van der Waals surface area contributed by atoms with Gasteiger partial charge in [-0.2, -0.15) is 0 Å². The molecule has 0 aliphatic carbocycles. The fraction of sp³-hybridized carbons (Fsp3) is 0.150. The summed E-state index contributed by atoms with van der Waals surface area (Å²) in [5, 5.41) is 3.78. The number of carbonyl (C=O) groups excluding carboxylic acids is 2. The number of hydrogen-bond acceptors (Lipinski definition) is 6. The van der Waals surface area contributed by atoms with Crippen molar-refractivity contribution < 1.29 is 14.3 Å². The van der Waals surface area contributed by atoms with Crippen molar-refractivity contribution in [1.29, 1.82) is 0 Å². The number of nitrogens with one attached hydrogen (secondary N) is 3. The number of para-hydroxylation sites is 2. The Morgan fingerprint density at radius 1 is 1.14 bits per heavy atom. The molecule has 8 nitrogen and oxygen atoms in total. The molecular weight excluding hydrogens is 390 g/mol. The Morgan fingerprint density at radius 2 is 1.97 bits per heavy atom. The second-order valence-electron chi connectivity index (χ2n) is 5.89. The van der Waals surface area contributed by atoms with Gasteiger partial charge < -0.3 is 10.1 Å². The van der Waals surface area contributed by atoms with Crippen LogP contribution in [0.25, 0.3) is 5.69 Å². The van der Waals surface area contributed by atoms with Gasteiger partial charge in [0, 0.05) is 23.6 Å². The Balaban J connectivity index is 1.57. The van der Waals surface area contributed by atoms with E-state index in [2.05, 4.69) is 21.2 Å². The Hall–Kier alpha value is -3.46. The highest BCUT2D eigenvalue weighted by atomic mass is 32.2. The number of carbonyl (C=O) groups is 2. The minimum atomic E-state index is -0.414. The molecule has 1 heterocycles. The van der Waals surface area contributed by atoms with Gasteiger partial charge in [-0.15, -0.1) is 0 Å². The molecule has 150 valence electrons. The summed E-state index contributed by atoms with van der Waals surface area (Å²) in [6.07, 6.45) is 5.46. The van der Waals surface area contributed by atoms with Gasteiger partial charge in [-0.1, -0.05) is 30.0 Å². The second kappa shape index (κ2) is 9.65. The van der Waals surface area contributed by atoms with Crippen LogP contribution < -0.4 is 20.9 Å². The van der Waals surface area contributed by atoms with Gasteiger partial charge in [0.1, 0.15) is 5.75 Å². The van der Waals surface area contributed by atoms with E-state index in [9.17, 15) is 9.59 Å². The number of rotatable bonds is 7. The molecule has 0 fully saturated rings. The molecule has 2 aromatic carbocycles. The van der Waals surface area contributed by atoms with Gasteiger partial charge in [-0.05, 0) is 36.6 Å². The molecule has 0 aliphatic heterocycles. The number of imidazole rings is 1. The van der Waals surface area contributed by atoms with Crippen LogP contribution in [0.1, 0.15) is 10.4 Å². The molecular formula is C20H21N5O3S. The minimum Gasteiger partial charge on any atom is -0.495 e. The van der Waals surface area contributed by atoms with Crippen LogP contribution in [0, 0.1) is 0 Å². The lowest BCUT2D eigenvalue weighted by Gasteiger charge is -2.12. The number of amides is 2. The molecule has 3 rings (SSSR count). The fourth-order valence-corrected chi connectivity index (χ4v) is 3.17. The number of anilines is 1. The molecule has 0 bridgehead atoms. The number of benzene rings is 2. The first-order valence-corrected chi connectivity index (χ1v) is 9.98. The number of thioether (sulfide) groups is 1. The highest BCUT2D eigenvalue weighted by Crippen LogP contribution is 2.22. The van der Waals surface area contributed by atoms with Crippen LogP contribution in [0.2, 0.25) is 0 Å². The maximum Gasteiger partial charge on any atom is 0.269 e. The number of hydrogen-bond donors (Lipinski definition) is 3. The highest BCUT2D eigenvalue weighted by Gasteiger charge is 2.11. The monoisotopic (exact) mass is 411 g/mol. The van der Waals surface area contributed by atoms with Gasteiger partial charge in [0.05, 0.1) is 19.3 Å². The number of methoxy groups -OCH3 is 1. The summed E-state index contributed by atoms with van der Waals surface area (Å²) in [4.78, 5) is 28.7. The van der Waals surface area contributed by atoms with Crippen molar-refractivity contribution in [2.45, 2.75) is 5.16 Å². The highest BCUT2D eigenvalue weighted by molar-refractivity contribution is 7.98. The van der Waals surface area contributed by atoms with Crippen molar-refractivity contribution in [2.24, 2.45) is 0 Å². The Morgan fingerprint density at radius 3 is 2.76 bits per heavy atom. The van der Waals surface area contributed by atoms with Gasteiger partial charge in [0.15, 0.2) is 5.16 Å². The van der Waals surface area contributed by atoms with E-state index in [1.54, 1.807) is 43.6 Å². The molecule has 3 N–H and O–H groups in total. The van der Waals surface area contributed by atoms with Crippen molar-refractivity contribution in [1.82, 2.24) is 20.4 Å². The zero-order chi connectivity index (χ0) is 20.6. The maximum absolute atomic E-state index is 12.4. The lowest BCUT2D eigenvalue weighted by molar-refractivity contribution is -0.120. The SMILES string of the molecule is COc1ccccc1NCC(=O)NNC(=O)c1cccc(-n2ccnc2SC)c1. The molecule has 2 amide bonds. The molecule has 1 aromatic heterocycles. The van der Waals surface area contributed by atoms with Gasteiger partial charge in [-0.25, -0.2) is 4.98 Å². The summed E-state index contributed by atoms with van der Waals surface area (Å²) in [6.45, 7) is -0.0210. The van der Waals surface area contributed by atoms with Gasteiger partial charge >= 0.3 is 0 Å². The van der Waals surface area contributed by atoms with Crippen molar-refractivity contribution in [3.8, 4) is 11.4 Å². The summed E-state index contributed by atoms with van der Waals surface area (Å²) in [5.41, 5.74) is 6.74. The summed E-state index contributed by atoms with van der Waals surface area (Å²) < 4.78 is 7.11. The Labute approximate surface area is 172 Å². The third-order valence-electron chi connectivity index (χ3n) is 4.04. The summed E-state index contributed by atoms with van der Waals surface area (Å²) in [6, 6.07) is 14.3. The van der Waals surface area contributed by atoms with Crippen molar-refractivity contribution in [3.63, 3.8) is 0 Å². The average Bonchev–Trinajstić information content (AvgIpc) is 3.25. The summed E-state index contributed by atoms with van der Waals surface area (Å²) >= 11 is 1.51. The molecule has 0 saturated heterocycles. The molecule has 0 radical (unpaired) electrons. The zero-order valence-corrected chi connectivity index (χ0v) is 16.8. The predicted octanol–water partition coefficient (Wildman–Crippen LogP) is 2.48. The minimum absolute atomic E-state index is 0.0210. The smallest absolute Gasteiger partial charge is 0.269 e. The molecule has 0 atom stereocenters. The largest absolute Gasteiger partial charge is 0.495 e. The van der Waals surface area contributed by atoms with E-state index in [1.807, 2.05) is 35.2 Å². The third kappa shape index (κ3) is 5.08. The summed E-state index contributed by atoms with van der Waals surface area (Å²) in [5.74, 6) is -0.173. The fourth-order valence-electron chi connectivity index (χ4n) is 2.64. The molecule has 0 saturated carbocycles. The number of aromatic nitrogens is 2. The van der Waals surface area contributed by atoms with Crippen LogP contribution >= 0.6 is 11.8 Å². The predicted molar refractivity (Wildman–Crippen MR) is 112 cm³/mol. The van der Waals surface area contributed by atoms with E-state index in [1.165, 1.54) is 11.8 Å². The van der Waals surface area contributed by atoms with Crippen LogP contribution in [0.3, 0.4) is 0 Å². The van der Waals surface area contributed by atoms with Crippen molar-refractivity contribution in [2.75, 3.05) is 25.2 Å². The molecule has 0 aliphatic rings. The van der Waals surface area contributed by atoms with Gasteiger partial charge in [0.2, 0.25) is 0 Å². The molecule has 3 aromatic rings. The molecule has 0 spiro atoms. The van der Waals surface area contributed by atoms with Gasteiger partial charge in [0.25, 0.3) is 11.8 Å². The van der Waals surface area contributed by atoms with Crippen LogP contribution in [-0.2, 0) is 4.79 Å². The van der Waals surface area contributed by atoms with E-state index in [0.29, 0.717) is 17.0 Å². The number of hydrazine groups is 1. The van der Waals surface area contributed by atoms with Crippen LogP contribution in [0.5, 0.6) is 5.75 Å². The molecule has 9 heteroatoms. The summed E-state index contributed by atoms with van der Waals surface area (Å²) in [7, 11) is 1.56. The molecule has 29 heavy (non-hydrogen) atoms. The van der Waals surface area contributed by atoms with Crippen LogP contribution in [0.15, 0.2) is 66.1 Å². The normalized spacial score (nSPS) is 10.3. The first kappa shape index (κ1) is 20.3. The standard InChI is InChI=1S/C20H21N5O3S/c1-28-17-9-4-3-8-16(17)22-13-18(26)23-24-19(27)14-6-5-7-15(12-14)25-11-10-21-20(25)29-2/h3-12,22H,13H2,1-2H3,(H,23,26)(H,24,27). The average molecular weight is 411 g/mol. The van der Waals surface area contributed by atoms with Crippen LogP contribution in [-0.4, -0.2) is 41.3 Å². The van der Waals surface area contributed by atoms with Gasteiger partial charge in [-0.3, -0.25) is 25.0 Å². The number of nitrogens with zero attached hydrogens (tertiary/aromatic N) is 2. The third-order valence-corrected chi connectivity index (χ3v) is 4.70. The van der Waals surface area contributed by atoms with Crippen molar-refractivity contribution in [3.05, 3.63) is 66.5 Å². The first-order chi connectivity index (χ1) is 14.1. The topological polar surface area (TPSA) is 97.3 Å². The van der Waals surface area contributed by atoms with Crippen LogP contribution in [0.4, 0.5) is 5.69 Å². The first-order valence-electron chi connectivity index (χ1n) is 8.76. The molecule has 0 unspecified atom stereocenters. The Kier molecular flexibility index (Phi) is 6.75. The second-order valence-corrected chi connectivity index (χ2v) is 6.66. The lowest BCUT2D eigenvalue weighted by Crippen LogP contribution is -2.44. The van der Waals surface area contributed by atoms with Crippen molar-refractivity contribution >= 4 is 29.3 Å². The van der Waals surface area contributed by atoms with E-state index in [4.69, 9.17) is 4.74 Å². The van der Waals surface area contributed by atoms with E-state index in [-0.39, 0.29) is 12.5 Å².